The van der Waals surface area contributed by atoms with Crippen LogP contribution in [0.15, 0.2) is 42.6 Å². The van der Waals surface area contributed by atoms with Crippen LogP contribution in [0.5, 0.6) is 0 Å². The van der Waals surface area contributed by atoms with E-state index < -0.39 is 0 Å². The van der Waals surface area contributed by atoms with Crippen molar-refractivity contribution < 1.29 is 4.79 Å². The van der Waals surface area contributed by atoms with Crippen LogP contribution in [0, 0.1) is 5.92 Å². The number of nitrogens with zero attached hydrogens (tertiary/aromatic N) is 2. The molecule has 0 amide bonds. The zero-order chi connectivity index (χ0) is 11.5. The summed E-state index contributed by atoms with van der Waals surface area (Å²) in [5.41, 5.74) is 1.55. The molecule has 2 rings (SSSR count). The molecular weight excluding hydrogens is 200 g/mol. The minimum absolute atomic E-state index is 0.0147. The van der Waals surface area contributed by atoms with Gasteiger partial charge < -0.3 is 0 Å². The number of hydrogen-bond donors (Lipinski definition) is 0. The van der Waals surface area contributed by atoms with Gasteiger partial charge in [-0.3, -0.25) is 4.79 Å². The summed E-state index contributed by atoms with van der Waals surface area (Å²) >= 11 is 0. The summed E-state index contributed by atoms with van der Waals surface area (Å²) in [7, 11) is 0. The minimum atomic E-state index is -0.0147. The molecule has 0 aliphatic heterocycles. The molecule has 0 fully saturated rings. The first-order valence-electron chi connectivity index (χ1n) is 5.34. The van der Waals surface area contributed by atoms with Crippen LogP contribution < -0.4 is 0 Å². The highest BCUT2D eigenvalue weighted by Crippen LogP contribution is 2.13. The van der Waals surface area contributed by atoms with E-state index in [0.717, 1.165) is 5.69 Å². The molecule has 0 saturated carbocycles. The van der Waals surface area contributed by atoms with Crippen molar-refractivity contribution in [2.24, 2.45) is 5.92 Å². The summed E-state index contributed by atoms with van der Waals surface area (Å²) in [5.74, 6) is 0.0977. The van der Waals surface area contributed by atoms with Crippen LogP contribution in [-0.4, -0.2) is 15.6 Å². The van der Waals surface area contributed by atoms with E-state index in [2.05, 4.69) is 5.10 Å². The summed E-state index contributed by atoms with van der Waals surface area (Å²) in [4.78, 5) is 11.9. The molecule has 2 aromatic rings. The van der Waals surface area contributed by atoms with Crippen LogP contribution in [0.25, 0.3) is 5.69 Å². The van der Waals surface area contributed by atoms with Gasteiger partial charge in [-0.1, -0.05) is 32.0 Å². The monoisotopic (exact) mass is 214 g/mol. The molecule has 0 atom stereocenters. The Morgan fingerprint density at radius 2 is 1.88 bits per heavy atom. The first-order valence-corrected chi connectivity index (χ1v) is 5.34. The van der Waals surface area contributed by atoms with E-state index in [-0.39, 0.29) is 11.7 Å². The molecule has 0 saturated heterocycles. The molecule has 82 valence electrons. The lowest BCUT2D eigenvalue weighted by atomic mass is 10.1. The Kier molecular flexibility index (Phi) is 2.86. The number of carbonyl (C=O) groups is 1. The fourth-order valence-electron chi connectivity index (χ4n) is 1.56. The molecule has 1 aromatic carbocycles. The average Bonchev–Trinajstić information content (AvgIpc) is 2.77. The second kappa shape index (κ2) is 4.31. The molecular formula is C13H14N2O. The van der Waals surface area contributed by atoms with E-state index in [4.69, 9.17) is 0 Å². The van der Waals surface area contributed by atoms with Crippen LogP contribution in [0.4, 0.5) is 0 Å². The topological polar surface area (TPSA) is 34.9 Å². The lowest BCUT2D eigenvalue weighted by Crippen LogP contribution is -2.13. The third-order valence-corrected chi connectivity index (χ3v) is 2.42. The van der Waals surface area contributed by atoms with Gasteiger partial charge >= 0.3 is 0 Å². The smallest absolute Gasteiger partial charge is 0.183 e. The quantitative estimate of drug-likeness (QED) is 0.736. The zero-order valence-corrected chi connectivity index (χ0v) is 9.42. The molecule has 0 N–H and O–H groups in total. The van der Waals surface area contributed by atoms with Gasteiger partial charge in [0.05, 0.1) is 11.9 Å². The maximum absolute atomic E-state index is 11.9. The number of rotatable bonds is 3. The molecule has 0 bridgehead atoms. The normalized spacial score (nSPS) is 10.7. The van der Waals surface area contributed by atoms with Crippen LogP contribution in [-0.2, 0) is 0 Å². The summed E-state index contributed by atoms with van der Waals surface area (Å²) < 4.78 is 1.68. The van der Waals surface area contributed by atoms with Crippen molar-refractivity contribution in [1.82, 2.24) is 9.78 Å². The Balaban J connectivity index is 2.45. The maximum atomic E-state index is 11.9. The van der Waals surface area contributed by atoms with Gasteiger partial charge in [-0.2, -0.15) is 5.10 Å². The van der Waals surface area contributed by atoms with Crippen molar-refractivity contribution >= 4 is 5.78 Å². The maximum Gasteiger partial charge on any atom is 0.183 e. The Morgan fingerprint density at radius 1 is 1.19 bits per heavy atom. The average molecular weight is 214 g/mol. The molecule has 0 aliphatic rings. The molecule has 16 heavy (non-hydrogen) atoms. The third-order valence-electron chi connectivity index (χ3n) is 2.42. The number of aromatic nitrogens is 2. The van der Waals surface area contributed by atoms with Crippen molar-refractivity contribution in [3.63, 3.8) is 0 Å². The van der Waals surface area contributed by atoms with Gasteiger partial charge in [-0.05, 0) is 18.2 Å². The van der Waals surface area contributed by atoms with Gasteiger partial charge in [0.25, 0.3) is 0 Å². The van der Waals surface area contributed by atoms with Gasteiger partial charge in [0, 0.05) is 5.92 Å². The lowest BCUT2D eigenvalue weighted by molar-refractivity contribution is 0.0931. The predicted molar refractivity (Wildman–Crippen MR) is 62.7 cm³/mol. The van der Waals surface area contributed by atoms with E-state index >= 15 is 0 Å². The fourth-order valence-corrected chi connectivity index (χ4v) is 1.56. The molecule has 0 spiro atoms. The van der Waals surface area contributed by atoms with Crippen LogP contribution in [0.2, 0.25) is 0 Å². The molecule has 3 heteroatoms. The van der Waals surface area contributed by atoms with Crippen LogP contribution in [0.1, 0.15) is 24.3 Å². The van der Waals surface area contributed by atoms with E-state index in [0.29, 0.717) is 5.69 Å². The molecule has 0 aliphatic carbocycles. The molecule has 0 radical (unpaired) electrons. The van der Waals surface area contributed by atoms with E-state index in [9.17, 15) is 4.79 Å². The minimum Gasteiger partial charge on any atom is -0.292 e. The van der Waals surface area contributed by atoms with Crippen molar-refractivity contribution in [2.45, 2.75) is 13.8 Å². The lowest BCUT2D eigenvalue weighted by Gasteiger charge is -2.08. The summed E-state index contributed by atoms with van der Waals surface area (Å²) in [5, 5.41) is 4.19. The Hall–Kier alpha value is -1.90. The standard InChI is InChI=1S/C13H14N2O/c1-10(2)13(16)12-8-9-14-15(12)11-6-4-3-5-7-11/h3-10H,1-2H3. The molecule has 1 heterocycles. The largest absolute Gasteiger partial charge is 0.292 e. The number of ketones is 1. The van der Waals surface area contributed by atoms with Gasteiger partial charge in [0.1, 0.15) is 5.69 Å². The van der Waals surface area contributed by atoms with Crippen molar-refractivity contribution in [3.05, 3.63) is 48.3 Å². The molecule has 1 aromatic heterocycles. The van der Waals surface area contributed by atoms with E-state index in [1.54, 1.807) is 16.9 Å². The summed E-state index contributed by atoms with van der Waals surface area (Å²) in [6, 6.07) is 11.4. The summed E-state index contributed by atoms with van der Waals surface area (Å²) in [6.45, 7) is 3.79. The molecule has 3 nitrogen and oxygen atoms in total. The van der Waals surface area contributed by atoms with Gasteiger partial charge in [0.2, 0.25) is 0 Å². The number of benzene rings is 1. The van der Waals surface area contributed by atoms with Crippen molar-refractivity contribution in [1.29, 1.82) is 0 Å². The first kappa shape index (κ1) is 10.6. The van der Waals surface area contributed by atoms with Gasteiger partial charge in [0.15, 0.2) is 5.78 Å². The van der Waals surface area contributed by atoms with E-state index in [1.165, 1.54) is 0 Å². The Morgan fingerprint density at radius 3 is 2.50 bits per heavy atom. The SMILES string of the molecule is CC(C)C(=O)c1ccnn1-c1ccccc1. The second-order valence-corrected chi connectivity index (χ2v) is 3.98. The third kappa shape index (κ3) is 1.89. The number of Topliss-reactive ketones (excluding diaryl/α,β-unsaturated/α-hetero) is 1. The second-order valence-electron chi connectivity index (χ2n) is 3.98. The van der Waals surface area contributed by atoms with Crippen molar-refractivity contribution in [2.75, 3.05) is 0 Å². The molecule has 0 unspecified atom stereocenters. The van der Waals surface area contributed by atoms with Gasteiger partial charge in [-0.25, -0.2) is 4.68 Å². The number of hydrogen-bond acceptors (Lipinski definition) is 2. The zero-order valence-electron chi connectivity index (χ0n) is 9.42. The van der Waals surface area contributed by atoms with Crippen molar-refractivity contribution in [3.8, 4) is 5.69 Å². The predicted octanol–water partition coefficient (Wildman–Crippen LogP) is 2.71. The Bertz CT molecular complexity index is 486. The Labute approximate surface area is 94.7 Å². The highest BCUT2D eigenvalue weighted by Gasteiger charge is 2.15. The highest BCUT2D eigenvalue weighted by molar-refractivity contribution is 5.96. The highest BCUT2D eigenvalue weighted by atomic mass is 16.1. The first-order chi connectivity index (χ1) is 7.70. The van der Waals surface area contributed by atoms with Crippen LogP contribution >= 0.6 is 0 Å². The van der Waals surface area contributed by atoms with E-state index in [1.807, 2.05) is 44.2 Å². The summed E-state index contributed by atoms with van der Waals surface area (Å²) in [6.07, 6.45) is 1.66. The fraction of sp³-hybridized carbons (Fsp3) is 0.231. The van der Waals surface area contributed by atoms with Gasteiger partial charge in [-0.15, -0.1) is 0 Å². The van der Waals surface area contributed by atoms with Crippen LogP contribution in [0.3, 0.4) is 0 Å². The number of carbonyl (C=O) groups excluding carboxylic acids is 1. The number of para-hydroxylation sites is 1.